The first-order valence-electron chi connectivity index (χ1n) is 9.61. The number of benzene rings is 2. The van der Waals surface area contributed by atoms with Crippen molar-refractivity contribution in [2.45, 2.75) is 20.3 Å². The summed E-state index contributed by atoms with van der Waals surface area (Å²) in [6.07, 6.45) is 4.25. The average molecular weight is 417 g/mol. The second-order valence-electron chi connectivity index (χ2n) is 6.95. The van der Waals surface area contributed by atoms with Gasteiger partial charge in [0.25, 0.3) is 5.56 Å². The van der Waals surface area contributed by atoms with Gasteiger partial charge < -0.3 is 5.11 Å². The van der Waals surface area contributed by atoms with Crippen LogP contribution in [-0.2, 0) is 6.42 Å². The lowest BCUT2D eigenvalue weighted by Crippen LogP contribution is -2.21. The second kappa shape index (κ2) is 8.08. The Morgan fingerprint density at radius 1 is 1.13 bits per heavy atom. The highest BCUT2D eigenvalue weighted by atomic mass is 32.1. The molecule has 0 saturated heterocycles. The van der Waals surface area contributed by atoms with Gasteiger partial charge in [-0.1, -0.05) is 84.5 Å². The van der Waals surface area contributed by atoms with Crippen molar-refractivity contribution < 1.29 is 9.90 Å². The van der Waals surface area contributed by atoms with Gasteiger partial charge in [0.2, 0.25) is 0 Å². The maximum atomic E-state index is 13.4. The monoisotopic (exact) mass is 416 g/mol. The summed E-state index contributed by atoms with van der Waals surface area (Å²) in [5.41, 5.74) is 4.12. The molecule has 0 aliphatic carbocycles. The summed E-state index contributed by atoms with van der Waals surface area (Å²) < 4.78 is 1.44. The highest BCUT2D eigenvalue weighted by Crippen LogP contribution is 2.31. The molecule has 0 fully saturated rings. The van der Waals surface area contributed by atoms with Gasteiger partial charge in [-0.05, 0) is 25.0 Å². The van der Waals surface area contributed by atoms with Crippen LogP contribution in [0.5, 0.6) is 0 Å². The largest absolute Gasteiger partial charge is 0.477 e. The van der Waals surface area contributed by atoms with E-state index in [1.807, 2.05) is 62.4 Å². The van der Waals surface area contributed by atoms with Crippen LogP contribution in [0.15, 0.2) is 59.4 Å². The number of aromatic nitrogens is 2. The van der Waals surface area contributed by atoms with Crippen LogP contribution in [0.2, 0.25) is 0 Å². The molecule has 5 nitrogen and oxygen atoms in total. The maximum absolute atomic E-state index is 13.4. The second-order valence-corrected chi connectivity index (χ2v) is 7.93. The fourth-order valence-electron chi connectivity index (χ4n) is 3.48. The fraction of sp³-hybridized carbons (Fsp3) is 0.125. The number of carboxylic acids is 1. The van der Waals surface area contributed by atoms with Crippen LogP contribution >= 0.6 is 11.3 Å². The molecule has 0 saturated carbocycles. The van der Waals surface area contributed by atoms with Gasteiger partial charge in [-0.2, -0.15) is 0 Å². The summed E-state index contributed by atoms with van der Waals surface area (Å²) in [6, 6.07) is 17.1. The zero-order valence-corrected chi connectivity index (χ0v) is 17.4. The third-order valence-corrected chi connectivity index (χ3v) is 5.91. The highest BCUT2D eigenvalue weighted by molar-refractivity contribution is 7.19. The fourth-order valence-corrected chi connectivity index (χ4v) is 4.46. The van der Waals surface area contributed by atoms with E-state index in [9.17, 15) is 14.7 Å². The number of hydrogen-bond acceptors (Lipinski definition) is 4. The smallest absolute Gasteiger partial charge is 0.348 e. The van der Waals surface area contributed by atoms with Crippen LogP contribution in [0.3, 0.4) is 0 Å². The maximum Gasteiger partial charge on any atom is 0.348 e. The molecule has 0 amide bonds. The van der Waals surface area contributed by atoms with Crippen molar-refractivity contribution in [2.24, 2.45) is 0 Å². The first-order valence-corrected chi connectivity index (χ1v) is 10.4. The zero-order chi connectivity index (χ0) is 21.3. The van der Waals surface area contributed by atoms with Crippen LogP contribution in [0.4, 0.5) is 0 Å². The molecule has 0 atom stereocenters. The summed E-state index contributed by atoms with van der Waals surface area (Å²) >= 11 is 1.02. The lowest BCUT2D eigenvalue weighted by Gasteiger charge is -2.07. The molecule has 4 rings (SSSR count). The molecular formula is C24H20N2O3S. The zero-order valence-electron chi connectivity index (χ0n) is 16.6. The summed E-state index contributed by atoms with van der Waals surface area (Å²) in [4.78, 5) is 30.4. The van der Waals surface area contributed by atoms with Crippen molar-refractivity contribution in [1.29, 1.82) is 0 Å². The predicted molar refractivity (Wildman–Crippen MR) is 121 cm³/mol. The summed E-state index contributed by atoms with van der Waals surface area (Å²) in [5, 5.41) is 9.75. The molecule has 30 heavy (non-hydrogen) atoms. The van der Waals surface area contributed by atoms with Crippen LogP contribution in [0, 0.1) is 6.92 Å². The van der Waals surface area contributed by atoms with Crippen molar-refractivity contribution >= 4 is 34.4 Å². The van der Waals surface area contributed by atoms with Gasteiger partial charge in [-0.3, -0.25) is 4.79 Å². The molecule has 0 bridgehead atoms. The summed E-state index contributed by atoms with van der Waals surface area (Å²) in [6.45, 7) is 3.93. The Morgan fingerprint density at radius 2 is 1.90 bits per heavy atom. The number of hydrogen-bond donors (Lipinski definition) is 1. The van der Waals surface area contributed by atoms with Gasteiger partial charge in [0.15, 0.2) is 4.96 Å². The third-order valence-electron chi connectivity index (χ3n) is 4.88. The number of carboxylic acid groups (broad SMARTS) is 1. The number of carbonyl (C=O) groups is 1. The summed E-state index contributed by atoms with van der Waals surface area (Å²) in [5.74, 6) is -1.07. The molecule has 2 aromatic carbocycles. The van der Waals surface area contributed by atoms with Gasteiger partial charge in [0.05, 0.1) is 11.4 Å². The third kappa shape index (κ3) is 3.57. The van der Waals surface area contributed by atoms with E-state index in [0.29, 0.717) is 33.9 Å². The number of aryl methyl sites for hydroxylation is 1. The molecule has 4 aromatic rings. The van der Waals surface area contributed by atoms with Gasteiger partial charge in [0.1, 0.15) is 4.88 Å². The van der Waals surface area contributed by atoms with Crippen molar-refractivity contribution in [3.05, 3.63) is 92.2 Å². The lowest BCUT2D eigenvalue weighted by molar-refractivity contribution is 0.0702. The van der Waals surface area contributed by atoms with Crippen LogP contribution in [-0.4, -0.2) is 20.5 Å². The minimum Gasteiger partial charge on any atom is -0.477 e. The van der Waals surface area contributed by atoms with Gasteiger partial charge >= 0.3 is 5.97 Å². The van der Waals surface area contributed by atoms with Gasteiger partial charge in [-0.15, -0.1) is 0 Å². The van der Waals surface area contributed by atoms with E-state index in [0.717, 1.165) is 22.5 Å². The van der Waals surface area contributed by atoms with E-state index in [2.05, 4.69) is 11.1 Å². The van der Waals surface area contributed by atoms with Crippen molar-refractivity contribution in [1.82, 2.24) is 9.38 Å². The Kier molecular flexibility index (Phi) is 5.33. The number of nitrogens with zero attached hydrogens (tertiary/aromatic N) is 2. The Balaban J connectivity index is 1.96. The SMILES string of the molecule is CCc1c(/C=C/c2cccc(C)c2)nc2sc(C(=O)O)c(-c3ccccc3)n2c1=O. The highest BCUT2D eigenvalue weighted by Gasteiger charge is 2.23. The van der Waals surface area contributed by atoms with E-state index in [4.69, 9.17) is 0 Å². The molecule has 0 radical (unpaired) electrons. The van der Waals surface area contributed by atoms with E-state index in [-0.39, 0.29) is 10.4 Å². The molecule has 0 aliphatic rings. The Labute approximate surface area is 177 Å². The molecule has 6 heteroatoms. The number of thiazole rings is 1. The van der Waals surface area contributed by atoms with E-state index in [1.165, 1.54) is 4.40 Å². The lowest BCUT2D eigenvalue weighted by atomic mass is 10.1. The quantitative estimate of drug-likeness (QED) is 0.488. The Morgan fingerprint density at radius 3 is 2.57 bits per heavy atom. The molecule has 2 aromatic heterocycles. The minimum atomic E-state index is -1.07. The Hall–Kier alpha value is -3.51. The summed E-state index contributed by atoms with van der Waals surface area (Å²) in [7, 11) is 0. The average Bonchev–Trinajstić information content (AvgIpc) is 3.13. The normalized spacial score (nSPS) is 11.4. The molecular weight excluding hydrogens is 396 g/mol. The Bertz CT molecular complexity index is 1330. The van der Waals surface area contributed by atoms with Gasteiger partial charge in [0, 0.05) is 11.1 Å². The number of aromatic carboxylic acids is 1. The molecule has 0 unspecified atom stereocenters. The van der Waals surface area contributed by atoms with E-state index in [1.54, 1.807) is 12.1 Å². The van der Waals surface area contributed by atoms with Crippen LogP contribution < -0.4 is 5.56 Å². The molecule has 1 N–H and O–H groups in total. The molecule has 2 heterocycles. The van der Waals surface area contributed by atoms with E-state index < -0.39 is 5.97 Å². The standard InChI is InChI=1S/C24H20N2O3S/c1-3-18-19(13-12-16-9-7-8-15(2)14-16)25-24-26(22(18)27)20(21(30-24)23(28)29)17-10-5-4-6-11-17/h4-14H,3H2,1-2H3,(H,28,29)/b13-12+. The first-order chi connectivity index (χ1) is 14.5. The molecule has 0 spiro atoms. The van der Waals surface area contributed by atoms with Gasteiger partial charge in [-0.25, -0.2) is 14.2 Å². The van der Waals surface area contributed by atoms with Crippen molar-refractivity contribution in [2.75, 3.05) is 0 Å². The first kappa shape index (κ1) is 19.8. The van der Waals surface area contributed by atoms with Crippen molar-refractivity contribution in [3.63, 3.8) is 0 Å². The topological polar surface area (TPSA) is 71.7 Å². The number of fused-ring (bicyclic) bond motifs is 1. The van der Waals surface area contributed by atoms with E-state index >= 15 is 0 Å². The minimum absolute atomic E-state index is 0.104. The van der Waals surface area contributed by atoms with Crippen molar-refractivity contribution in [3.8, 4) is 11.3 Å². The molecule has 150 valence electrons. The van der Waals surface area contributed by atoms with Crippen LogP contribution in [0.1, 0.15) is 39.0 Å². The molecule has 0 aliphatic heterocycles. The predicted octanol–water partition coefficient (Wildman–Crippen LogP) is 5.16. The number of rotatable bonds is 5. The van der Waals surface area contributed by atoms with Crippen LogP contribution in [0.25, 0.3) is 28.4 Å².